The summed E-state index contributed by atoms with van der Waals surface area (Å²) in [7, 11) is 1.33. The Kier molecular flexibility index (Phi) is 3.02. The molecule has 0 aromatic carbocycles. The minimum atomic E-state index is -0.423. The zero-order valence-electron chi connectivity index (χ0n) is 8.32. The zero-order valence-corrected chi connectivity index (χ0v) is 10.7. The summed E-state index contributed by atoms with van der Waals surface area (Å²) < 4.78 is 10.4. The fourth-order valence-electron chi connectivity index (χ4n) is 1.26. The zero-order chi connectivity index (χ0) is 11.7. The first-order valence-electron chi connectivity index (χ1n) is 4.34. The van der Waals surface area contributed by atoms with Crippen LogP contribution in [0.25, 0.3) is 10.4 Å². The van der Waals surface area contributed by atoms with Crippen molar-refractivity contribution in [3.05, 3.63) is 27.9 Å². The molecule has 0 atom stereocenters. The van der Waals surface area contributed by atoms with E-state index in [4.69, 9.17) is 10.2 Å². The molecule has 2 heterocycles. The normalized spacial score (nSPS) is 10.4. The van der Waals surface area contributed by atoms with Crippen LogP contribution in [0, 0.1) is 0 Å². The van der Waals surface area contributed by atoms with Crippen molar-refractivity contribution in [1.82, 2.24) is 0 Å². The van der Waals surface area contributed by atoms with Crippen LogP contribution in [0.5, 0.6) is 0 Å². The Morgan fingerprint density at radius 1 is 1.62 bits per heavy atom. The summed E-state index contributed by atoms with van der Waals surface area (Å²) in [6, 6.07) is 3.53. The lowest BCUT2D eigenvalue weighted by molar-refractivity contribution is 0.0607. The van der Waals surface area contributed by atoms with E-state index in [1.807, 2.05) is 0 Å². The Bertz CT molecular complexity index is 532. The van der Waals surface area contributed by atoms with E-state index in [1.54, 1.807) is 18.4 Å². The molecule has 4 nitrogen and oxygen atoms in total. The Morgan fingerprint density at radius 2 is 2.38 bits per heavy atom. The number of halogens is 1. The molecule has 0 unspecified atom stereocenters. The van der Waals surface area contributed by atoms with Gasteiger partial charge in [0.25, 0.3) is 0 Å². The maximum absolute atomic E-state index is 11.4. The van der Waals surface area contributed by atoms with E-state index in [9.17, 15) is 4.79 Å². The van der Waals surface area contributed by atoms with Crippen LogP contribution in [-0.2, 0) is 4.74 Å². The number of nitrogens with two attached hydrogens (primary N) is 1. The highest BCUT2D eigenvalue weighted by Gasteiger charge is 2.17. The number of carbonyl (C=O) groups is 1. The standard InChI is InChI=1S/C10H8BrNO3S/c1-14-10(13)8-6(12)4-7(16-8)5-2-3-15-9(5)11/h2-4H,12H2,1H3. The van der Waals surface area contributed by atoms with Gasteiger partial charge in [-0.05, 0) is 28.1 Å². The molecule has 0 radical (unpaired) electrons. The summed E-state index contributed by atoms with van der Waals surface area (Å²) in [5, 5.41) is 0. The number of esters is 1. The Labute approximate surface area is 104 Å². The van der Waals surface area contributed by atoms with Crippen LogP contribution < -0.4 is 5.73 Å². The Balaban J connectivity index is 2.46. The van der Waals surface area contributed by atoms with Gasteiger partial charge >= 0.3 is 5.97 Å². The topological polar surface area (TPSA) is 65.5 Å². The largest absolute Gasteiger partial charge is 0.465 e. The molecule has 16 heavy (non-hydrogen) atoms. The number of anilines is 1. The number of rotatable bonds is 2. The van der Waals surface area contributed by atoms with Crippen LogP contribution in [0.15, 0.2) is 27.5 Å². The van der Waals surface area contributed by atoms with E-state index < -0.39 is 5.97 Å². The molecule has 0 saturated carbocycles. The smallest absolute Gasteiger partial charge is 0.350 e. The third-order valence-corrected chi connectivity index (χ3v) is 3.79. The van der Waals surface area contributed by atoms with Crippen molar-refractivity contribution in [2.45, 2.75) is 0 Å². The van der Waals surface area contributed by atoms with E-state index in [0.717, 1.165) is 10.4 Å². The number of ether oxygens (including phenoxy) is 1. The fourth-order valence-corrected chi connectivity index (χ4v) is 2.86. The number of thiophene rings is 1. The van der Waals surface area contributed by atoms with Gasteiger partial charge in [0, 0.05) is 10.4 Å². The van der Waals surface area contributed by atoms with Gasteiger partial charge in [-0.1, -0.05) is 0 Å². The third-order valence-electron chi connectivity index (χ3n) is 2.02. The van der Waals surface area contributed by atoms with Crippen LogP contribution in [0.1, 0.15) is 9.67 Å². The van der Waals surface area contributed by atoms with Crippen LogP contribution in [0.2, 0.25) is 0 Å². The summed E-state index contributed by atoms with van der Waals surface area (Å²) in [6.45, 7) is 0. The molecule has 2 N–H and O–H groups in total. The first-order valence-corrected chi connectivity index (χ1v) is 5.95. The van der Waals surface area contributed by atoms with Crippen molar-refractivity contribution in [3.63, 3.8) is 0 Å². The minimum Gasteiger partial charge on any atom is -0.465 e. The summed E-state index contributed by atoms with van der Waals surface area (Å²) >= 11 is 4.55. The van der Waals surface area contributed by atoms with Gasteiger partial charge in [0.15, 0.2) is 4.67 Å². The fraction of sp³-hybridized carbons (Fsp3) is 0.100. The molecule has 0 aliphatic carbocycles. The van der Waals surface area contributed by atoms with Crippen molar-refractivity contribution in [2.75, 3.05) is 12.8 Å². The average molecular weight is 302 g/mol. The monoisotopic (exact) mass is 301 g/mol. The number of hydrogen-bond acceptors (Lipinski definition) is 5. The van der Waals surface area contributed by atoms with Gasteiger partial charge < -0.3 is 14.9 Å². The molecule has 2 rings (SSSR count). The molecular formula is C10H8BrNO3S. The highest BCUT2D eigenvalue weighted by Crippen LogP contribution is 2.37. The van der Waals surface area contributed by atoms with Crippen LogP contribution >= 0.6 is 27.3 Å². The van der Waals surface area contributed by atoms with Gasteiger partial charge in [-0.15, -0.1) is 11.3 Å². The molecule has 0 fully saturated rings. The molecule has 6 heteroatoms. The lowest BCUT2D eigenvalue weighted by Crippen LogP contribution is -2.00. The van der Waals surface area contributed by atoms with Gasteiger partial charge in [-0.25, -0.2) is 4.79 Å². The second kappa shape index (κ2) is 4.31. The number of furan rings is 1. The van der Waals surface area contributed by atoms with Gasteiger partial charge in [0.2, 0.25) is 0 Å². The van der Waals surface area contributed by atoms with Crippen molar-refractivity contribution in [2.24, 2.45) is 0 Å². The SMILES string of the molecule is COC(=O)c1sc(-c2ccoc2Br)cc1N. The van der Waals surface area contributed by atoms with Crippen LogP contribution in [0.3, 0.4) is 0 Å². The van der Waals surface area contributed by atoms with Gasteiger partial charge in [0.1, 0.15) is 4.88 Å². The molecule has 2 aromatic heterocycles. The molecule has 0 aliphatic rings. The van der Waals surface area contributed by atoms with Gasteiger partial charge in [0.05, 0.1) is 19.1 Å². The summed E-state index contributed by atoms with van der Waals surface area (Å²) in [6.07, 6.45) is 1.56. The molecule has 84 valence electrons. The molecule has 0 bridgehead atoms. The van der Waals surface area contributed by atoms with E-state index in [2.05, 4.69) is 20.7 Å². The van der Waals surface area contributed by atoms with Crippen molar-refractivity contribution in [3.8, 4) is 10.4 Å². The molecule has 0 amide bonds. The third kappa shape index (κ3) is 1.85. The van der Waals surface area contributed by atoms with Crippen LogP contribution in [-0.4, -0.2) is 13.1 Å². The average Bonchev–Trinajstić information content (AvgIpc) is 2.83. The van der Waals surface area contributed by atoms with Gasteiger partial charge in [-0.3, -0.25) is 0 Å². The van der Waals surface area contributed by atoms with Crippen LogP contribution in [0.4, 0.5) is 5.69 Å². The number of carbonyl (C=O) groups excluding carboxylic acids is 1. The first-order chi connectivity index (χ1) is 7.63. The molecule has 0 saturated heterocycles. The quantitative estimate of drug-likeness (QED) is 0.866. The molecular weight excluding hydrogens is 294 g/mol. The molecule has 0 aliphatic heterocycles. The van der Waals surface area contributed by atoms with E-state index >= 15 is 0 Å². The second-order valence-electron chi connectivity index (χ2n) is 2.99. The number of nitrogen functional groups attached to an aromatic ring is 1. The predicted octanol–water partition coefficient (Wildman–Crippen LogP) is 3.14. The molecule has 2 aromatic rings. The van der Waals surface area contributed by atoms with E-state index in [-0.39, 0.29) is 0 Å². The highest BCUT2D eigenvalue weighted by molar-refractivity contribution is 9.10. The van der Waals surface area contributed by atoms with E-state index in [0.29, 0.717) is 15.2 Å². The maximum Gasteiger partial charge on any atom is 0.350 e. The highest BCUT2D eigenvalue weighted by atomic mass is 79.9. The Hall–Kier alpha value is -1.27. The minimum absolute atomic E-state index is 0.408. The summed E-state index contributed by atoms with van der Waals surface area (Å²) in [5.41, 5.74) is 7.02. The summed E-state index contributed by atoms with van der Waals surface area (Å²) in [5.74, 6) is -0.423. The number of methoxy groups -OCH3 is 1. The van der Waals surface area contributed by atoms with Crippen molar-refractivity contribution >= 4 is 38.9 Å². The lowest BCUT2D eigenvalue weighted by Gasteiger charge is -1.94. The van der Waals surface area contributed by atoms with Crippen molar-refractivity contribution in [1.29, 1.82) is 0 Å². The van der Waals surface area contributed by atoms with E-state index in [1.165, 1.54) is 18.4 Å². The first kappa shape index (κ1) is 11.2. The lowest BCUT2D eigenvalue weighted by atomic mass is 10.2. The second-order valence-corrected chi connectivity index (χ2v) is 4.77. The summed E-state index contributed by atoms with van der Waals surface area (Å²) in [4.78, 5) is 12.6. The molecule has 0 spiro atoms. The predicted molar refractivity (Wildman–Crippen MR) is 65.5 cm³/mol. The Morgan fingerprint density at radius 3 is 2.94 bits per heavy atom. The van der Waals surface area contributed by atoms with Crippen molar-refractivity contribution < 1.29 is 13.9 Å². The number of hydrogen-bond donors (Lipinski definition) is 1. The maximum atomic E-state index is 11.4. The van der Waals surface area contributed by atoms with Gasteiger partial charge in [-0.2, -0.15) is 0 Å².